The van der Waals surface area contributed by atoms with Gasteiger partial charge in [0, 0.05) is 50.6 Å². The lowest BCUT2D eigenvalue weighted by molar-refractivity contribution is 0.799. The summed E-state index contributed by atoms with van der Waals surface area (Å²) in [5.74, 6) is 1.87. The van der Waals surface area contributed by atoms with Gasteiger partial charge in [-0.15, -0.1) is 0 Å². The van der Waals surface area contributed by atoms with E-state index in [1.807, 2.05) is 31.7 Å². The summed E-state index contributed by atoms with van der Waals surface area (Å²) in [6.45, 7) is 6.17. The summed E-state index contributed by atoms with van der Waals surface area (Å²) < 4.78 is 0. The minimum Gasteiger partial charge on any atom is -0.285 e. The van der Waals surface area contributed by atoms with Crippen LogP contribution in [-0.4, -0.2) is 40.3 Å². The van der Waals surface area contributed by atoms with E-state index in [9.17, 15) is 0 Å². The molecule has 8 heteroatoms. The van der Waals surface area contributed by atoms with E-state index >= 15 is 0 Å². The quantitative estimate of drug-likeness (QED) is 0.258. The van der Waals surface area contributed by atoms with Gasteiger partial charge in [-0.25, -0.2) is 19.9 Å². The smallest absolute Gasteiger partial charge is 0.132 e. The van der Waals surface area contributed by atoms with E-state index in [2.05, 4.69) is 75.6 Å². The van der Waals surface area contributed by atoms with Gasteiger partial charge in [0.1, 0.15) is 22.7 Å². The van der Waals surface area contributed by atoms with Gasteiger partial charge in [-0.3, -0.25) is 10.2 Å². The van der Waals surface area contributed by atoms with Gasteiger partial charge in [0.05, 0.1) is 23.4 Å². The Hall–Kier alpha value is -4.98. The third kappa shape index (κ3) is 2.85. The molecule has 0 aliphatic heterocycles. The fourth-order valence-corrected chi connectivity index (χ4v) is 5.66. The maximum atomic E-state index is 4.93. The highest BCUT2D eigenvalue weighted by Gasteiger charge is 2.18. The van der Waals surface area contributed by atoms with E-state index in [4.69, 9.17) is 15.0 Å². The monoisotopic (exact) mass is 494 g/mol. The Bertz CT molecular complexity index is 2240. The minimum absolute atomic E-state index is 0.247. The van der Waals surface area contributed by atoms with Crippen LogP contribution >= 0.6 is 0 Å². The van der Waals surface area contributed by atoms with E-state index in [1.165, 1.54) is 0 Å². The largest absolute Gasteiger partial charge is 0.285 e. The first-order valence-electron chi connectivity index (χ1n) is 12.7. The van der Waals surface area contributed by atoms with Crippen molar-refractivity contribution in [3.05, 3.63) is 72.8 Å². The molecule has 0 aliphatic carbocycles. The molecule has 0 aliphatic rings. The Morgan fingerprint density at radius 2 is 1.03 bits per heavy atom. The van der Waals surface area contributed by atoms with Crippen LogP contribution in [-0.2, 0) is 0 Å². The van der Waals surface area contributed by atoms with E-state index in [0.717, 1.165) is 87.9 Å². The van der Waals surface area contributed by atoms with Crippen molar-refractivity contribution in [1.82, 2.24) is 40.3 Å². The molecule has 182 valence electrons. The number of aromatic amines is 2. The van der Waals surface area contributed by atoms with E-state index in [1.54, 1.807) is 0 Å². The van der Waals surface area contributed by atoms with Gasteiger partial charge in [-0.05, 0) is 41.0 Å². The minimum atomic E-state index is 0.247. The van der Waals surface area contributed by atoms with Gasteiger partial charge in [0.25, 0.3) is 0 Å². The van der Waals surface area contributed by atoms with Crippen LogP contribution in [0.15, 0.2) is 61.2 Å². The SMILES string of the molecule is Cc1nc2c3ccc(-c4ccc5c(c4)c4c[nH]ncc4c4nc(C(C)C)nc54)cc3c3c[nH]ncc3c2n1. The van der Waals surface area contributed by atoms with Crippen LogP contribution in [0.3, 0.4) is 0 Å². The van der Waals surface area contributed by atoms with Gasteiger partial charge in [0.15, 0.2) is 0 Å². The highest BCUT2D eigenvalue weighted by Crippen LogP contribution is 2.39. The molecule has 4 heterocycles. The normalized spacial score (nSPS) is 12.3. The highest BCUT2D eigenvalue weighted by atomic mass is 15.1. The lowest BCUT2D eigenvalue weighted by Crippen LogP contribution is -1.89. The summed E-state index contributed by atoms with van der Waals surface area (Å²) in [4.78, 5) is 19.2. The van der Waals surface area contributed by atoms with Crippen LogP contribution in [0.25, 0.3) is 76.3 Å². The average molecular weight is 495 g/mol. The molecule has 0 unspecified atom stereocenters. The van der Waals surface area contributed by atoms with Gasteiger partial charge in [-0.1, -0.05) is 38.1 Å². The van der Waals surface area contributed by atoms with E-state index in [-0.39, 0.29) is 5.92 Å². The first-order valence-corrected chi connectivity index (χ1v) is 12.7. The lowest BCUT2D eigenvalue weighted by Gasteiger charge is -2.10. The number of H-pyrrole nitrogens is 2. The van der Waals surface area contributed by atoms with Crippen LogP contribution < -0.4 is 0 Å². The first kappa shape index (κ1) is 21.1. The Balaban J connectivity index is 1.42. The number of rotatable bonds is 2. The van der Waals surface area contributed by atoms with Gasteiger partial charge < -0.3 is 0 Å². The van der Waals surface area contributed by atoms with Crippen molar-refractivity contribution in [2.24, 2.45) is 0 Å². The maximum absolute atomic E-state index is 4.93. The number of hydrogen-bond donors (Lipinski definition) is 2. The summed E-state index contributed by atoms with van der Waals surface area (Å²) in [5.41, 5.74) is 5.88. The van der Waals surface area contributed by atoms with Crippen LogP contribution in [0.5, 0.6) is 0 Å². The second kappa shape index (κ2) is 7.52. The predicted molar refractivity (Wildman–Crippen MR) is 151 cm³/mol. The zero-order chi connectivity index (χ0) is 25.5. The molecule has 0 saturated heterocycles. The molecule has 0 radical (unpaired) electrons. The van der Waals surface area contributed by atoms with Crippen LogP contribution in [0.4, 0.5) is 0 Å². The van der Waals surface area contributed by atoms with Gasteiger partial charge in [0.2, 0.25) is 0 Å². The number of nitrogens with zero attached hydrogens (tertiary/aromatic N) is 6. The molecule has 0 amide bonds. The number of fused-ring (bicyclic) bond motifs is 12. The van der Waals surface area contributed by atoms with Crippen LogP contribution in [0, 0.1) is 6.92 Å². The summed E-state index contributed by atoms with van der Waals surface area (Å²) in [7, 11) is 0. The standard InChI is InChI=1S/C30H22N8/c1-14(2)30-37-27-19-7-5-17(9-21(19)23-11-32-34-13-25(23)29(27)38-30)16-4-6-18-20(8-16)22-10-31-33-12-24(22)28-26(18)35-15(3)36-28/h4-14,31-32H,1-3H3. The Kier molecular flexibility index (Phi) is 4.18. The van der Waals surface area contributed by atoms with Crippen molar-refractivity contribution < 1.29 is 0 Å². The Labute approximate surface area is 216 Å². The fraction of sp³-hybridized carbons (Fsp3) is 0.133. The van der Waals surface area contributed by atoms with Crippen molar-refractivity contribution >= 4 is 65.2 Å². The molecular weight excluding hydrogens is 472 g/mol. The zero-order valence-electron chi connectivity index (χ0n) is 21.0. The first-order chi connectivity index (χ1) is 18.6. The number of aryl methyl sites for hydroxylation is 1. The average Bonchev–Trinajstić information content (AvgIpc) is 3.58. The summed E-state index contributed by atoms with van der Waals surface area (Å²) in [6, 6.07) is 13.1. The third-order valence-electron chi connectivity index (χ3n) is 7.47. The second-order valence-electron chi connectivity index (χ2n) is 10.1. The maximum Gasteiger partial charge on any atom is 0.132 e. The second-order valence-corrected chi connectivity index (χ2v) is 10.1. The Morgan fingerprint density at radius 1 is 0.553 bits per heavy atom. The van der Waals surface area contributed by atoms with E-state index in [0.29, 0.717) is 0 Å². The zero-order valence-corrected chi connectivity index (χ0v) is 21.0. The molecule has 8 aromatic rings. The molecule has 0 spiro atoms. The van der Waals surface area contributed by atoms with Crippen molar-refractivity contribution in [1.29, 1.82) is 0 Å². The highest BCUT2D eigenvalue weighted by molar-refractivity contribution is 6.25. The number of imidazole rings is 2. The molecule has 4 aromatic heterocycles. The van der Waals surface area contributed by atoms with Crippen molar-refractivity contribution in [2.75, 3.05) is 0 Å². The summed E-state index contributed by atoms with van der Waals surface area (Å²) in [5, 5.41) is 23.1. The van der Waals surface area contributed by atoms with Gasteiger partial charge in [-0.2, -0.15) is 10.2 Å². The molecule has 38 heavy (non-hydrogen) atoms. The molecule has 0 saturated carbocycles. The third-order valence-corrected chi connectivity index (χ3v) is 7.47. The van der Waals surface area contributed by atoms with Crippen molar-refractivity contribution in [2.45, 2.75) is 26.7 Å². The molecule has 8 rings (SSSR count). The lowest BCUT2D eigenvalue weighted by atomic mass is 9.94. The number of hydrogen-bond acceptors (Lipinski definition) is 6. The predicted octanol–water partition coefficient (Wildman–Crippen LogP) is 6.73. The molecular formula is C30H22N8. The van der Waals surface area contributed by atoms with Crippen molar-refractivity contribution in [3.63, 3.8) is 0 Å². The topological polar surface area (TPSA) is 109 Å². The van der Waals surface area contributed by atoms with Crippen LogP contribution in [0.2, 0.25) is 0 Å². The van der Waals surface area contributed by atoms with Crippen molar-refractivity contribution in [3.8, 4) is 11.1 Å². The summed E-state index contributed by atoms with van der Waals surface area (Å²) in [6.07, 6.45) is 7.58. The Morgan fingerprint density at radius 3 is 1.55 bits per heavy atom. The molecule has 0 bridgehead atoms. The van der Waals surface area contributed by atoms with Crippen LogP contribution in [0.1, 0.15) is 31.4 Å². The molecule has 2 N–H and O–H groups in total. The molecule has 4 aromatic carbocycles. The van der Waals surface area contributed by atoms with E-state index < -0.39 is 0 Å². The van der Waals surface area contributed by atoms with Gasteiger partial charge >= 0.3 is 0 Å². The molecule has 0 fully saturated rings. The number of benzene rings is 4. The fourth-order valence-electron chi connectivity index (χ4n) is 5.66. The summed E-state index contributed by atoms with van der Waals surface area (Å²) >= 11 is 0. The number of aromatic nitrogens is 8. The number of nitrogens with one attached hydrogen (secondary N) is 2. The molecule has 0 atom stereocenters. The molecule has 8 nitrogen and oxygen atoms in total.